The monoisotopic (exact) mass is 879 g/mol. The van der Waals surface area contributed by atoms with Crippen LogP contribution in [0, 0.1) is 0 Å². The molecule has 15 rings (SSSR count). The molecule has 0 aliphatic carbocycles. The highest BCUT2D eigenvalue weighted by Crippen LogP contribution is 2.44. The number of hydrogen-bond acceptors (Lipinski definition) is 4. The zero-order chi connectivity index (χ0) is 45.2. The van der Waals surface area contributed by atoms with Gasteiger partial charge in [0.25, 0.3) is 0 Å². The van der Waals surface area contributed by atoms with Gasteiger partial charge in [-0.1, -0.05) is 158 Å². The van der Waals surface area contributed by atoms with Crippen molar-refractivity contribution in [1.29, 1.82) is 0 Å². The molecular formula is C63H37N5O. The summed E-state index contributed by atoms with van der Waals surface area (Å²) in [4.78, 5) is 15.7. The van der Waals surface area contributed by atoms with Gasteiger partial charge in [-0.3, -0.25) is 0 Å². The zero-order valence-corrected chi connectivity index (χ0v) is 37.0. The Hall–Kier alpha value is -9.39. The van der Waals surface area contributed by atoms with Crippen molar-refractivity contribution in [1.82, 2.24) is 24.1 Å². The molecule has 11 aromatic carbocycles. The van der Waals surface area contributed by atoms with Crippen LogP contribution in [-0.4, -0.2) is 24.1 Å². The molecule has 0 aliphatic heterocycles. The van der Waals surface area contributed by atoms with Crippen LogP contribution in [0.2, 0.25) is 0 Å². The van der Waals surface area contributed by atoms with Crippen LogP contribution >= 0.6 is 0 Å². The third-order valence-electron chi connectivity index (χ3n) is 14.1. The second-order valence-corrected chi connectivity index (χ2v) is 18.0. The van der Waals surface area contributed by atoms with E-state index in [-0.39, 0.29) is 0 Å². The molecule has 0 unspecified atom stereocenters. The van der Waals surface area contributed by atoms with Gasteiger partial charge in [-0.15, -0.1) is 0 Å². The van der Waals surface area contributed by atoms with Crippen LogP contribution in [0.15, 0.2) is 229 Å². The first-order valence-corrected chi connectivity index (χ1v) is 23.3. The lowest BCUT2D eigenvalue weighted by Crippen LogP contribution is -2.00. The molecule has 0 amide bonds. The molecule has 0 radical (unpaired) electrons. The Morgan fingerprint density at radius 2 is 0.899 bits per heavy atom. The number of furan rings is 1. The van der Waals surface area contributed by atoms with Crippen molar-refractivity contribution < 1.29 is 4.42 Å². The van der Waals surface area contributed by atoms with Crippen molar-refractivity contribution in [3.05, 3.63) is 224 Å². The molecular weight excluding hydrogens is 843 g/mol. The molecule has 15 aromatic rings. The SMILES string of the molecule is c1ccc(-c2nc(-c3ccc4oc5c6ccccc6c(-n6c7cc8ccccc8cc7c7c8ccccc8ccc76)cc5c4c3)nc(-c3ccc4c5ccccc5n(-c5ccccc5)c4c3)n2)cc1. The Bertz CT molecular complexity index is 4600. The van der Waals surface area contributed by atoms with Crippen molar-refractivity contribution in [2.24, 2.45) is 0 Å². The molecule has 0 bridgehead atoms. The summed E-state index contributed by atoms with van der Waals surface area (Å²) in [7, 11) is 0. The standard InChI is InChI=1S/C63H37N5O/c1-3-16-39(17-4-1)61-64-62(66-63(65-61)43-27-30-48-46-23-13-14-26-53(46)67(55(48)36-43)44-20-5-2-6-21-44)42-29-32-58-50(34-42)51-37-57(47-24-11-12-25-49(47)60(51)69-58)68-54-31-28-38-15-9-10-22-45(38)59(54)52-33-40-18-7-8-19-41(40)35-56(52)68/h1-37H. The number of aromatic nitrogens is 5. The van der Waals surface area contributed by atoms with Gasteiger partial charge in [-0.2, -0.15) is 0 Å². The first kappa shape index (κ1) is 37.8. The average molecular weight is 880 g/mol. The second-order valence-electron chi connectivity index (χ2n) is 18.0. The van der Waals surface area contributed by atoms with E-state index in [4.69, 9.17) is 19.4 Å². The lowest BCUT2D eigenvalue weighted by molar-refractivity contribution is 0.672. The molecule has 0 saturated carbocycles. The zero-order valence-electron chi connectivity index (χ0n) is 37.0. The first-order valence-electron chi connectivity index (χ1n) is 23.3. The fourth-order valence-electron chi connectivity index (χ4n) is 11.0. The van der Waals surface area contributed by atoms with Gasteiger partial charge in [0.2, 0.25) is 0 Å². The Balaban J connectivity index is 0.964. The molecule has 4 heterocycles. The van der Waals surface area contributed by atoms with Crippen LogP contribution in [0.25, 0.3) is 143 Å². The van der Waals surface area contributed by atoms with Crippen LogP contribution in [-0.2, 0) is 0 Å². The maximum Gasteiger partial charge on any atom is 0.164 e. The number of fused-ring (bicyclic) bond motifs is 14. The van der Waals surface area contributed by atoms with Crippen molar-refractivity contribution >= 4 is 97.9 Å². The van der Waals surface area contributed by atoms with Gasteiger partial charge in [-0.05, 0) is 88.3 Å². The fourth-order valence-corrected chi connectivity index (χ4v) is 11.0. The molecule has 0 saturated heterocycles. The lowest BCUT2D eigenvalue weighted by atomic mass is 10.0. The van der Waals surface area contributed by atoms with Crippen LogP contribution in [0.5, 0.6) is 0 Å². The van der Waals surface area contributed by atoms with Crippen LogP contribution in [0.4, 0.5) is 0 Å². The minimum Gasteiger partial charge on any atom is -0.455 e. The summed E-state index contributed by atoms with van der Waals surface area (Å²) in [5.74, 6) is 1.79. The van der Waals surface area contributed by atoms with Crippen molar-refractivity contribution in [2.45, 2.75) is 0 Å². The van der Waals surface area contributed by atoms with Gasteiger partial charge in [-0.25, -0.2) is 15.0 Å². The third kappa shape index (κ3) is 5.69. The number of para-hydroxylation sites is 2. The molecule has 6 heteroatoms. The van der Waals surface area contributed by atoms with E-state index in [2.05, 4.69) is 215 Å². The van der Waals surface area contributed by atoms with E-state index in [1.54, 1.807) is 0 Å². The minimum atomic E-state index is 0.584. The van der Waals surface area contributed by atoms with Crippen LogP contribution in [0.1, 0.15) is 0 Å². The molecule has 0 spiro atoms. The summed E-state index contributed by atoms with van der Waals surface area (Å²) < 4.78 is 11.6. The topological polar surface area (TPSA) is 61.7 Å². The largest absolute Gasteiger partial charge is 0.455 e. The normalized spacial score (nSPS) is 12.1. The Labute approximate surface area is 394 Å². The predicted octanol–water partition coefficient (Wildman–Crippen LogP) is 16.4. The average Bonchev–Trinajstić information content (AvgIpc) is 4.07. The summed E-state index contributed by atoms with van der Waals surface area (Å²) in [6.45, 7) is 0. The van der Waals surface area contributed by atoms with E-state index in [1.165, 1.54) is 43.1 Å². The molecule has 4 aromatic heterocycles. The smallest absolute Gasteiger partial charge is 0.164 e. The lowest BCUT2D eigenvalue weighted by Gasteiger charge is -2.13. The summed E-state index contributed by atoms with van der Waals surface area (Å²) in [5.41, 5.74) is 11.1. The van der Waals surface area contributed by atoms with Crippen LogP contribution < -0.4 is 0 Å². The third-order valence-corrected chi connectivity index (χ3v) is 14.1. The number of rotatable bonds is 5. The molecule has 69 heavy (non-hydrogen) atoms. The van der Waals surface area contributed by atoms with E-state index in [1.807, 2.05) is 18.2 Å². The Morgan fingerprint density at radius 1 is 0.304 bits per heavy atom. The number of nitrogens with zero attached hydrogens (tertiary/aromatic N) is 5. The highest BCUT2D eigenvalue weighted by molar-refractivity contribution is 6.25. The molecule has 0 N–H and O–H groups in total. The highest BCUT2D eigenvalue weighted by Gasteiger charge is 2.22. The van der Waals surface area contributed by atoms with E-state index in [9.17, 15) is 0 Å². The quantitative estimate of drug-likeness (QED) is 0.173. The van der Waals surface area contributed by atoms with Crippen LogP contribution in [0.3, 0.4) is 0 Å². The Morgan fingerprint density at radius 3 is 1.70 bits per heavy atom. The number of benzene rings is 11. The van der Waals surface area contributed by atoms with Gasteiger partial charge in [0, 0.05) is 65.5 Å². The maximum absolute atomic E-state index is 6.85. The van der Waals surface area contributed by atoms with Gasteiger partial charge in [0.1, 0.15) is 11.2 Å². The minimum absolute atomic E-state index is 0.584. The first-order chi connectivity index (χ1) is 34.2. The summed E-state index contributed by atoms with van der Waals surface area (Å²) in [6.07, 6.45) is 0. The molecule has 6 nitrogen and oxygen atoms in total. The van der Waals surface area contributed by atoms with Crippen molar-refractivity contribution in [3.8, 4) is 45.5 Å². The summed E-state index contributed by atoms with van der Waals surface area (Å²) in [5, 5.41) is 13.9. The second kappa shape index (κ2) is 14.6. The summed E-state index contributed by atoms with van der Waals surface area (Å²) >= 11 is 0. The van der Waals surface area contributed by atoms with E-state index < -0.39 is 0 Å². The summed E-state index contributed by atoms with van der Waals surface area (Å²) in [6, 6.07) is 79.8. The molecule has 320 valence electrons. The van der Waals surface area contributed by atoms with E-state index in [0.29, 0.717) is 17.5 Å². The van der Waals surface area contributed by atoms with Crippen molar-refractivity contribution in [3.63, 3.8) is 0 Å². The van der Waals surface area contributed by atoms with Gasteiger partial charge in [0.05, 0.1) is 27.8 Å². The number of hydrogen-bond donors (Lipinski definition) is 0. The fraction of sp³-hybridized carbons (Fsp3) is 0. The van der Waals surface area contributed by atoms with Gasteiger partial charge in [0.15, 0.2) is 17.5 Å². The van der Waals surface area contributed by atoms with E-state index >= 15 is 0 Å². The molecule has 0 atom stereocenters. The highest BCUT2D eigenvalue weighted by atomic mass is 16.3. The van der Waals surface area contributed by atoms with E-state index in [0.717, 1.165) is 82.8 Å². The van der Waals surface area contributed by atoms with Gasteiger partial charge < -0.3 is 13.6 Å². The Kier molecular flexibility index (Phi) is 7.97. The van der Waals surface area contributed by atoms with Crippen molar-refractivity contribution in [2.75, 3.05) is 0 Å². The predicted molar refractivity (Wildman–Crippen MR) is 285 cm³/mol. The molecule has 0 fully saturated rings. The maximum atomic E-state index is 6.85. The van der Waals surface area contributed by atoms with Gasteiger partial charge >= 0.3 is 0 Å². The molecule has 0 aliphatic rings.